The topological polar surface area (TPSA) is 112 Å². The maximum atomic E-state index is 13.0. The van der Waals surface area contributed by atoms with Gasteiger partial charge in [-0.3, -0.25) is 14.4 Å². The van der Waals surface area contributed by atoms with E-state index in [1.807, 2.05) is 24.3 Å². The van der Waals surface area contributed by atoms with E-state index in [4.69, 9.17) is 14.2 Å². The van der Waals surface area contributed by atoms with Crippen LogP contribution in [0, 0.1) is 0 Å². The molecular formula is C27H26N2O7. The van der Waals surface area contributed by atoms with Gasteiger partial charge in [-0.25, -0.2) is 0 Å². The Hall–Kier alpha value is -4.53. The van der Waals surface area contributed by atoms with Crippen LogP contribution in [0.25, 0.3) is 11.1 Å². The number of nitrogens with one attached hydrogen (secondary N) is 2. The summed E-state index contributed by atoms with van der Waals surface area (Å²) in [7, 11) is 2.77. The number of rotatable bonds is 8. The third kappa shape index (κ3) is 5.57. The van der Waals surface area contributed by atoms with E-state index in [2.05, 4.69) is 15.4 Å². The first kappa shape index (κ1) is 24.6. The zero-order chi connectivity index (χ0) is 25.5. The van der Waals surface area contributed by atoms with Gasteiger partial charge in [0.15, 0.2) is 11.5 Å². The normalized spacial score (nSPS) is 13.9. The quantitative estimate of drug-likeness (QED) is 0.467. The molecule has 36 heavy (non-hydrogen) atoms. The van der Waals surface area contributed by atoms with Crippen molar-refractivity contribution < 1.29 is 33.3 Å². The Morgan fingerprint density at radius 3 is 2.42 bits per heavy atom. The number of hydrogen-bond donors (Lipinski definition) is 2. The molecule has 1 heterocycles. The van der Waals surface area contributed by atoms with E-state index in [1.165, 1.54) is 14.2 Å². The van der Waals surface area contributed by atoms with Crippen molar-refractivity contribution in [1.29, 1.82) is 0 Å². The predicted octanol–water partition coefficient (Wildman–Crippen LogP) is 2.83. The molecule has 9 nitrogen and oxygen atoms in total. The maximum Gasteiger partial charge on any atom is 0.325 e. The van der Waals surface area contributed by atoms with Gasteiger partial charge < -0.3 is 29.6 Å². The minimum Gasteiger partial charge on any atom is -0.496 e. The highest BCUT2D eigenvalue weighted by atomic mass is 16.6. The molecule has 0 saturated carbocycles. The van der Waals surface area contributed by atoms with Crippen LogP contribution in [0.5, 0.6) is 17.2 Å². The lowest BCUT2D eigenvalue weighted by atomic mass is 9.95. The molecule has 0 bridgehead atoms. The number of carbonyl (C=O) groups is 3. The molecule has 1 atom stereocenters. The summed E-state index contributed by atoms with van der Waals surface area (Å²) in [4.78, 5) is 37.4. The molecule has 1 aliphatic rings. The van der Waals surface area contributed by atoms with Crippen LogP contribution in [-0.2, 0) is 9.53 Å². The number of fused-ring (bicyclic) bond motifs is 1. The Morgan fingerprint density at radius 2 is 1.64 bits per heavy atom. The highest BCUT2D eigenvalue weighted by Gasteiger charge is 2.23. The first-order chi connectivity index (χ1) is 17.5. The summed E-state index contributed by atoms with van der Waals surface area (Å²) >= 11 is 0. The fourth-order valence-corrected chi connectivity index (χ4v) is 3.77. The number of hydrogen-bond acceptors (Lipinski definition) is 7. The summed E-state index contributed by atoms with van der Waals surface area (Å²) in [6.07, 6.45) is -0.346. The molecule has 9 heteroatoms. The summed E-state index contributed by atoms with van der Waals surface area (Å²) < 4.78 is 21.7. The van der Waals surface area contributed by atoms with E-state index >= 15 is 0 Å². The third-order valence-corrected chi connectivity index (χ3v) is 5.60. The van der Waals surface area contributed by atoms with Crippen molar-refractivity contribution >= 4 is 17.8 Å². The van der Waals surface area contributed by atoms with Crippen LogP contribution < -0.4 is 24.8 Å². The number of amides is 2. The van der Waals surface area contributed by atoms with Crippen molar-refractivity contribution in [3.8, 4) is 28.4 Å². The Balaban J connectivity index is 1.55. The van der Waals surface area contributed by atoms with Crippen molar-refractivity contribution in [3.05, 3.63) is 77.9 Å². The zero-order valence-corrected chi connectivity index (χ0v) is 19.9. The molecule has 0 spiro atoms. The van der Waals surface area contributed by atoms with Crippen LogP contribution in [0.4, 0.5) is 0 Å². The van der Waals surface area contributed by atoms with Crippen LogP contribution in [0.15, 0.2) is 66.7 Å². The number of methoxy groups -OCH3 is 2. The molecule has 0 unspecified atom stereocenters. The monoisotopic (exact) mass is 490 g/mol. The van der Waals surface area contributed by atoms with Crippen molar-refractivity contribution in [3.63, 3.8) is 0 Å². The molecular weight excluding hydrogens is 464 g/mol. The van der Waals surface area contributed by atoms with Gasteiger partial charge in [-0.1, -0.05) is 30.3 Å². The van der Waals surface area contributed by atoms with E-state index in [0.717, 1.165) is 0 Å². The summed E-state index contributed by atoms with van der Waals surface area (Å²) in [6, 6.07) is 19.2. The molecule has 4 rings (SSSR count). The number of benzene rings is 3. The second kappa shape index (κ2) is 11.3. The minimum absolute atomic E-state index is 0.235. The molecule has 2 amide bonds. The summed E-state index contributed by atoms with van der Waals surface area (Å²) in [5.74, 6) is 0.430. The van der Waals surface area contributed by atoms with Gasteiger partial charge >= 0.3 is 5.97 Å². The van der Waals surface area contributed by atoms with Gasteiger partial charge in [0.05, 0.1) is 20.8 Å². The van der Waals surface area contributed by atoms with Crippen LogP contribution in [0.1, 0.15) is 20.7 Å². The van der Waals surface area contributed by atoms with Crippen molar-refractivity contribution in [1.82, 2.24) is 10.6 Å². The highest BCUT2D eigenvalue weighted by Crippen LogP contribution is 2.33. The molecule has 0 fully saturated rings. The molecule has 186 valence electrons. The molecule has 0 saturated heterocycles. The van der Waals surface area contributed by atoms with E-state index < -0.39 is 11.9 Å². The van der Waals surface area contributed by atoms with Gasteiger partial charge in [0, 0.05) is 16.7 Å². The Kier molecular flexibility index (Phi) is 7.69. The summed E-state index contributed by atoms with van der Waals surface area (Å²) in [5.41, 5.74) is 1.73. The fourth-order valence-electron chi connectivity index (χ4n) is 3.77. The highest BCUT2D eigenvalue weighted by molar-refractivity contribution is 6.05. The summed E-state index contributed by atoms with van der Waals surface area (Å²) in [6.45, 7) is 0.261. The smallest absolute Gasteiger partial charge is 0.325 e. The largest absolute Gasteiger partial charge is 0.496 e. The lowest BCUT2D eigenvalue weighted by Crippen LogP contribution is -2.40. The number of esters is 1. The van der Waals surface area contributed by atoms with Gasteiger partial charge in [0.25, 0.3) is 11.8 Å². The van der Waals surface area contributed by atoms with Crippen LogP contribution >= 0.6 is 0 Å². The Morgan fingerprint density at radius 1 is 0.889 bits per heavy atom. The minimum atomic E-state index is -0.574. The molecule has 3 aromatic carbocycles. The van der Waals surface area contributed by atoms with Crippen LogP contribution in [0.2, 0.25) is 0 Å². The van der Waals surface area contributed by atoms with E-state index in [1.54, 1.807) is 42.5 Å². The van der Waals surface area contributed by atoms with Gasteiger partial charge in [-0.2, -0.15) is 0 Å². The van der Waals surface area contributed by atoms with Gasteiger partial charge in [0.2, 0.25) is 0 Å². The third-order valence-electron chi connectivity index (χ3n) is 5.60. The summed E-state index contributed by atoms with van der Waals surface area (Å²) in [5, 5.41) is 5.40. The standard InChI is InChI=1S/C27H26N2O7/c1-33-22-8-4-3-7-19(22)21-13-17(11-12-20(21)27(32)29-15-25(30)34-2)26(31)28-14-18-16-35-23-9-5-6-10-24(23)36-18/h3-13,18H,14-16H2,1-2H3,(H,28,31)(H,29,32)/t18-/m1/s1. The van der Waals surface area contributed by atoms with Crippen molar-refractivity contribution in [2.75, 3.05) is 33.9 Å². The Bertz CT molecular complexity index is 1270. The molecule has 3 aromatic rings. The fraction of sp³-hybridized carbons (Fsp3) is 0.222. The van der Waals surface area contributed by atoms with Crippen LogP contribution in [0.3, 0.4) is 0 Å². The second-order valence-electron chi connectivity index (χ2n) is 7.93. The zero-order valence-electron chi connectivity index (χ0n) is 19.9. The average Bonchev–Trinajstić information content (AvgIpc) is 2.93. The van der Waals surface area contributed by atoms with Gasteiger partial charge in [0.1, 0.15) is 25.0 Å². The van der Waals surface area contributed by atoms with E-state index in [0.29, 0.717) is 40.5 Å². The first-order valence-corrected chi connectivity index (χ1v) is 11.3. The second-order valence-corrected chi connectivity index (χ2v) is 7.93. The molecule has 1 aliphatic heterocycles. The Labute approximate surface area is 208 Å². The number of carbonyl (C=O) groups excluding carboxylic acids is 3. The average molecular weight is 491 g/mol. The van der Waals surface area contributed by atoms with Crippen molar-refractivity contribution in [2.24, 2.45) is 0 Å². The lowest BCUT2D eigenvalue weighted by molar-refractivity contribution is -0.139. The maximum absolute atomic E-state index is 13.0. The van der Waals surface area contributed by atoms with E-state index in [-0.39, 0.29) is 30.7 Å². The first-order valence-electron chi connectivity index (χ1n) is 11.3. The number of ether oxygens (including phenoxy) is 4. The number of para-hydroxylation sites is 3. The lowest BCUT2D eigenvalue weighted by Gasteiger charge is -2.26. The van der Waals surface area contributed by atoms with Gasteiger partial charge in [-0.15, -0.1) is 0 Å². The van der Waals surface area contributed by atoms with Crippen molar-refractivity contribution in [2.45, 2.75) is 6.10 Å². The van der Waals surface area contributed by atoms with Gasteiger partial charge in [-0.05, 0) is 42.0 Å². The SMILES string of the molecule is COC(=O)CNC(=O)c1ccc(C(=O)NC[C@@H]2COc3ccccc3O2)cc1-c1ccccc1OC. The molecule has 0 aliphatic carbocycles. The molecule has 0 radical (unpaired) electrons. The molecule has 2 N–H and O–H groups in total. The van der Waals surface area contributed by atoms with Crippen LogP contribution in [-0.4, -0.2) is 57.8 Å². The molecule has 0 aromatic heterocycles. The predicted molar refractivity (Wildman–Crippen MR) is 131 cm³/mol. The van der Waals surface area contributed by atoms with E-state index in [9.17, 15) is 14.4 Å².